The lowest BCUT2D eigenvalue weighted by atomic mass is 10.2. The van der Waals surface area contributed by atoms with Crippen LogP contribution in [0.25, 0.3) is 0 Å². The van der Waals surface area contributed by atoms with E-state index in [0.29, 0.717) is 27.9 Å². The maximum atomic E-state index is 12.6. The minimum Gasteiger partial charge on any atom is -0.481 e. The zero-order valence-corrected chi connectivity index (χ0v) is 16.1. The van der Waals surface area contributed by atoms with Crippen LogP contribution in [-0.4, -0.2) is 25.1 Å². The first-order valence-corrected chi connectivity index (χ1v) is 8.72. The molecule has 0 aliphatic carbocycles. The van der Waals surface area contributed by atoms with Crippen molar-refractivity contribution in [3.8, 4) is 5.75 Å². The van der Waals surface area contributed by atoms with Crippen LogP contribution in [0.3, 0.4) is 0 Å². The summed E-state index contributed by atoms with van der Waals surface area (Å²) in [5, 5.41) is 3.63. The fourth-order valence-corrected chi connectivity index (χ4v) is 2.54. The maximum absolute atomic E-state index is 12.6. The van der Waals surface area contributed by atoms with Gasteiger partial charge in [0.2, 0.25) is 0 Å². The van der Waals surface area contributed by atoms with E-state index in [0.717, 1.165) is 5.56 Å². The fraction of sp³-hybridized carbons (Fsp3) is 0.263. The Hall–Kier alpha value is -2.24. The SMILES string of the molecule is CC[C@H](Oc1ccc(Cl)c(C)c1)C(=O)Nc1cc(C(=O)OC)ccc1Cl. The predicted molar refractivity (Wildman–Crippen MR) is 102 cm³/mol. The minimum absolute atomic E-state index is 0.287. The monoisotopic (exact) mass is 395 g/mol. The van der Waals surface area contributed by atoms with Crippen molar-refractivity contribution in [2.75, 3.05) is 12.4 Å². The highest BCUT2D eigenvalue weighted by atomic mass is 35.5. The lowest BCUT2D eigenvalue weighted by Gasteiger charge is -2.18. The molecule has 26 heavy (non-hydrogen) atoms. The van der Waals surface area contributed by atoms with E-state index in [9.17, 15) is 9.59 Å². The van der Waals surface area contributed by atoms with Gasteiger partial charge in [-0.3, -0.25) is 4.79 Å². The Kier molecular flexibility index (Phi) is 6.89. The van der Waals surface area contributed by atoms with Crippen molar-refractivity contribution in [3.05, 3.63) is 57.6 Å². The number of anilines is 1. The van der Waals surface area contributed by atoms with Crippen molar-refractivity contribution in [1.82, 2.24) is 0 Å². The Morgan fingerprint density at radius 2 is 1.81 bits per heavy atom. The van der Waals surface area contributed by atoms with Gasteiger partial charge in [0, 0.05) is 5.02 Å². The molecule has 0 saturated heterocycles. The van der Waals surface area contributed by atoms with Crippen LogP contribution in [-0.2, 0) is 9.53 Å². The molecular formula is C19H19Cl2NO4. The number of methoxy groups -OCH3 is 1. The summed E-state index contributed by atoms with van der Waals surface area (Å²) in [4.78, 5) is 24.2. The molecule has 2 rings (SSSR count). The summed E-state index contributed by atoms with van der Waals surface area (Å²) < 4.78 is 10.4. The van der Waals surface area contributed by atoms with Crippen LogP contribution < -0.4 is 10.1 Å². The predicted octanol–water partition coefficient (Wildman–Crippen LogP) is 4.88. The lowest BCUT2D eigenvalue weighted by molar-refractivity contribution is -0.122. The van der Waals surface area contributed by atoms with Crippen molar-refractivity contribution in [3.63, 3.8) is 0 Å². The van der Waals surface area contributed by atoms with E-state index < -0.39 is 12.1 Å². The number of benzene rings is 2. The average Bonchev–Trinajstić information content (AvgIpc) is 2.63. The number of halogens is 2. The zero-order valence-electron chi connectivity index (χ0n) is 14.6. The maximum Gasteiger partial charge on any atom is 0.337 e. The standard InChI is InChI=1S/C19H19Cl2NO4/c1-4-17(26-13-6-8-14(20)11(2)9-13)18(23)22-16-10-12(19(24)25-3)5-7-15(16)21/h5-10,17H,4H2,1-3H3,(H,22,23)/t17-/m0/s1. The molecule has 1 amide bonds. The summed E-state index contributed by atoms with van der Waals surface area (Å²) in [6.07, 6.45) is -0.282. The Labute approximate surface area is 162 Å². The van der Waals surface area contributed by atoms with Gasteiger partial charge in [-0.25, -0.2) is 4.79 Å². The third kappa shape index (κ3) is 4.90. The summed E-state index contributed by atoms with van der Waals surface area (Å²) >= 11 is 12.1. The van der Waals surface area contributed by atoms with Gasteiger partial charge in [-0.2, -0.15) is 0 Å². The van der Waals surface area contributed by atoms with E-state index in [4.69, 9.17) is 27.9 Å². The second-order valence-corrected chi connectivity index (χ2v) is 6.42. The first kappa shape index (κ1) is 20.1. The molecule has 1 atom stereocenters. The number of carbonyl (C=O) groups is 2. The number of rotatable bonds is 6. The van der Waals surface area contributed by atoms with Crippen molar-refractivity contribution in [2.24, 2.45) is 0 Å². The first-order valence-electron chi connectivity index (χ1n) is 7.97. The molecule has 0 aliphatic rings. The molecule has 0 aromatic heterocycles. The number of carbonyl (C=O) groups excluding carboxylic acids is 2. The van der Waals surface area contributed by atoms with Crippen LogP contribution in [0.2, 0.25) is 10.0 Å². The second kappa shape index (κ2) is 8.92. The summed E-state index contributed by atoms with van der Waals surface area (Å²) in [5.41, 5.74) is 1.46. The smallest absolute Gasteiger partial charge is 0.337 e. The molecule has 0 radical (unpaired) electrons. The molecule has 138 valence electrons. The van der Waals surface area contributed by atoms with Gasteiger partial charge in [0.05, 0.1) is 23.4 Å². The number of amides is 1. The van der Waals surface area contributed by atoms with Crippen LogP contribution in [0.4, 0.5) is 5.69 Å². The highest BCUT2D eigenvalue weighted by molar-refractivity contribution is 6.34. The van der Waals surface area contributed by atoms with Crippen LogP contribution in [0.5, 0.6) is 5.75 Å². The number of ether oxygens (including phenoxy) is 2. The Balaban J connectivity index is 2.16. The number of nitrogens with one attached hydrogen (secondary N) is 1. The summed E-state index contributed by atoms with van der Waals surface area (Å²) in [6, 6.07) is 9.69. The largest absolute Gasteiger partial charge is 0.481 e. The molecular weight excluding hydrogens is 377 g/mol. The van der Waals surface area contributed by atoms with E-state index in [2.05, 4.69) is 10.1 Å². The van der Waals surface area contributed by atoms with Crippen molar-refractivity contribution < 1.29 is 19.1 Å². The number of hydrogen-bond donors (Lipinski definition) is 1. The summed E-state index contributed by atoms with van der Waals surface area (Å²) in [7, 11) is 1.28. The molecule has 0 spiro atoms. The molecule has 0 heterocycles. The van der Waals surface area contributed by atoms with Gasteiger partial charge >= 0.3 is 5.97 Å². The Bertz CT molecular complexity index is 823. The van der Waals surface area contributed by atoms with E-state index in [1.807, 2.05) is 13.8 Å². The van der Waals surface area contributed by atoms with Crippen molar-refractivity contribution in [2.45, 2.75) is 26.4 Å². The molecule has 5 nitrogen and oxygen atoms in total. The normalized spacial score (nSPS) is 11.6. The topological polar surface area (TPSA) is 64.6 Å². The molecule has 0 aliphatic heterocycles. The van der Waals surface area contributed by atoms with Gasteiger partial charge in [-0.05, 0) is 55.3 Å². The van der Waals surface area contributed by atoms with Crippen LogP contribution in [0.15, 0.2) is 36.4 Å². The molecule has 1 N–H and O–H groups in total. The number of aryl methyl sites for hydroxylation is 1. The third-order valence-electron chi connectivity index (χ3n) is 3.72. The quantitative estimate of drug-likeness (QED) is 0.707. The molecule has 2 aromatic carbocycles. The van der Waals surface area contributed by atoms with Gasteiger partial charge in [-0.15, -0.1) is 0 Å². The zero-order chi connectivity index (χ0) is 19.3. The first-order chi connectivity index (χ1) is 12.3. The van der Waals surface area contributed by atoms with Gasteiger partial charge in [-0.1, -0.05) is 30.1 Å². The van der Waals surface area contributed by atoms with E-state index in [1.165, 1.54) is 25.3 Å². The highest BCUT2D eigenvalue weighted by Crippen LogP contribution is 2.25. The van der Waals surface area contributed by atoms with Crippen molar-refractivity contribution in [1.29, 1.82) is 0 Å². The van der Waals surface area contributed by atoms with Crippen LogP contribution in [0, 0.1) is 6.92 Å². The number of esters is 1. The molecule has 2 aromatic rings. The van der Waals surface area contributed by atoms with Gasteiger partial charge < -0.3 is 14.8 Å². The van der Waals surface area contributed by atoms with E-state index >= 15 is 0 Å². The molecule has 0 bridgehead atoms. The Morgan fingerprint density at radius 3 is 2.42 bits per heavy atom. The van der Waals surface area contributed by atoms with Crippen LogP contribution >= 0.6 is 23.2 Å². The summed E-state index contributed by atoms with van der Waals surface area (Å²) in [5.74, 6) is -0.343. The van der Waals surface area contributed by atoms with E-state index in [1.54, 1.807) is 18.2 Å². The van der Waals surface area contributed by atoms with Crippen LogP contribution in [0.1, 0.15) is 29.3 Å². The van der Waals surface area contributed by atoms with Gasteiger partial charge in [0.15, 0.2) is 6.10 Å². The third-order valence-corrected chi connectivity index (χ3v) is 4.47. The Morgan fingerprint density at radius 1 is 1.12 bits per heavy atom. The summed E-state index contributed by atoms with van der Waals surface area (Å²) in [6.45, 7) is 3.69. The molecule has 0 unspecified atom stereocenters. The number of hydrogen-bond acceptors (Lipinski definition) is 4. The lowest BCUT2D eigenvalue weighted by Crippen LogP contribution is -2.32. The van der Waals surface area contributed by atoms with E-state index in [-0.39, 0.29) is 11.5 Å². The fourth-order valence-electron chi connectivity index (χ4n) is 2.26. The molecule has 0 saturated carbocycles. The van der Waals surface area contributed by atoms with Crippen molar-refractivity contribution >= 4 is 40.8 Å². The average molecular weight is 396 g/mol. The van der Waals surface area contributed by atoms with Gasteiger partial charge in [0.1, 0.15) is 5.75 Å². The molecule has 0 fully saturated rings. The highest BCUT2D eigenvalue weighted by Gasteiger charge is 2.20. The minimum atomic E-state index is -0.728. The van der Waals surface area contributed by atoms with Gasteiger partial charge in [0.25, 0.3) is 5.91 Å². The molecule has 7 heteroatoms. The second-order valence-electron chi connectivity index (χ2n) is 5.60.